The summed E-state index contributed by atoms with van der Waals surface area (Å²) in [6, 6.07) is 7.41. The Kier molecular flexibility index (Phi) is 4.88. The zero-order valence-corrected chi connectivity index (χ0v) is 11.7. The topological polar surface area (TPSA) is 63.2 Å². The number of halogens is 1. The highest BCUT2D eigenvalue weighted by atomic mass is 35.5. The van der Waals surface area contributed by atoms with Gasteiger partial charge in [-0.1, -0.05) is 23.7 Å². The van der Waals surface area contributed by atoms with E-state index < -0.39 is 0 Å². The van der Waals surface area contributed by atoms with Crippen molar-refractivity contribution in [2.45, 2.75) is 13.2 Å². The van der Waals surface area contributed by atoms with E-state index in [9.17, 15) is 0 Å². The minimum absolute atomic E-state index is 0.403. The Hall–Kier alpha value is -2.16. The lowest BCUT2D eigenvalue weighted by Gasteiger charge is -2.10. The molecule has 2 aromatic heterocycles. The molecule has 0 amide bonds. The molecule has 0 saturated carbocycles. The van der Waals surface area contributed by atoms with Crippen LogP contribution in [0.15, 0.2) is 41.7 Å². The molecule has 0 radical (unpaired) electrons. The Bertz CT molecular complexity index is 686. The van der Waals surface area contributed by atoms with E-state index in [0.29, 0.717) is 23.8 Å². The molecule has 0 N–H and O–H groups in total. The second-order valence-electron chi connectivity index (χ2n) is 4.12. The summed E-state index contributed by atoms with van der Waals surface area (Å²) >= 11 is 5.77. The number of nitrogens with zero attached hydrogens (tertiary/aromatic N) is 4. The van der Waals surface area contributed by atoms with Gasteiger partial charge in [0.15, 0.2) is 5.49 Å². The maximum absolute atomic E-state index is 8.84. The zero-order valence-electron chi connectivity index (χ0n) is 11.0. The number of pyridine rings is 2. The zero-order chi connectivity index (χ0) is 14.4. The predicted octanol–water partition coefficient (Wildman–Crippen LogP) is 2.11. The number of rotatable bonds is 4. The maximum Gasteiger partial charge on any atom is 0.207 e. The van der Waals surface area contributed by atoms with Crippen molar-refractivity contribution < 1.29 is 4.74 Å². The van der Waals surface area contributed by atoms with Crippen LogP contribution in [0.1, 0.15) is 11.1 Å². The number of ether oxygens (including phenoxy) is 1. The van der Waals surface area contributed by atoms with Gasteiger partial charge < -0.3 is 9.30 Å². The first kappa shape index (κ1) is 14.3. The molecule has 0 spiro atoms. The molecular formula is C14H13ClN4O. The Morgan fingerprint density at radius 1 is 1.45 bits per heavy atom. The second kappa shape index (κ2) is 6.85. The Labute approximate surface area is 121 Å². The van der Waals surface area contributed by atoms with E-state index in [0.717, 1.165) is 11.1 Å². The van der Waals surface area contributed by atoms with E-state index in [1.54, 1.807) is 19.4 Å². The van der Waals surface area contributed by atoms with Gasteiger partial charge in [-0.3, -0.25) is 0 Å². The van der Waals surface area contributed by atoms with Gasteiger partial charge in [-0.05, 0) is 17.7 Å². The molecule has 0 saturated heterocycles. The lowest BCUT2D eigenvalue weighted by molar-refractivity contribution is 0.183. The standard InChI is InChI=1S/C14H13ClN4O/c1-20-9-12-3-2-6-19(14(12)18-10-16)8-11-4-5-13(15)17-7-11/h2-7H,8-9H2,1H3/b18-14-. The van der Waals surface area contributed by atoms with Crippen LogP contribution in [0.25, 0.3) is 0 Å². The van der Waals surface area contributed by atoms with Crippen molar-refractivity contribution in [1.82, 2.24) is 9.55 Å². The van der Waals surface area contributed by atoms with Crippen molar-refractivity contribution in [3.63, 3.8) is 0 Å². The minimum atomic E-state index is 0.403. The summed E-state index contributed by atoms with van der Waals surface area (Å²) in [5.41, 5.74) is 2.42. The number of hydrogen-bond donors (Lipinski definition) is 0. The number of methoxy groups -OCH3 is 1. The van der Waals surface area contributed by atoms with E-state index in [-0.39, 0.29) is 0 Å². The third-order valence-corrected chi connectivity index (χ3v) is 2.94. The molecule has 2 heterocycles. The lowest BCUT2D eigenvalue weighted by Crippen LogP contribution is -2.25. The predicted molar refractivity (Wildman–Crippen MR) is 74.7 cm³/mol. The summed E-state index contributed by atoms with van der Waals surface area (Å²) in [7, 11) is 1.61. The van der Waals surface area contributed by atoms with Crippen molar-refractivity contribution in [3.8, 4) is 6.19 Å². The van der Waals surface area contributed by atoms with Crippen LogP contribution in [-0.4, -0.2) is 16.7 Å². The minimum Gasteiger partial charge on any atom is -0.380 e. The van der Waals surface area contributed by atoms with E-state index in [1.807, 2.05) is 35.2 Å². The van der Waals surface area contributed by atoms with Crippen LogP contribution < -0.4 is 5.49 Å². The Balaban J connectivity index is 2.41. The van der Waals surface area contributed by atoms with Gasteiger partial charge in [0, 0.05) is 25.1 Å². The summed E-state index contributed by atoms with van der Waals surface area (Å²) in [6.07, 6.45) is 5.40. The van der Waals surface area contributed by atoms with Gasteiger partial charge in [-0.2, -0.15) is 10.3 Å². The van der Waals surface area contributed by atoms with Gasteiger partial charge in [0.05, 0.1) is 13.2 Å². The molecule has 6 heteroatoms. The molecule has 0 aliphatic heterocycles. The van der Waals surface area contributed by atoms with Gasteiger partial charge in [0.1, 0.15) is 5.15 Å². The fraction of sp³-hybridized carbons (Fsp3) is 0.214. The van der Waals surface area contributed by atoms with E-state index >= 15 is 0 Å². The lowest BCUT2D eigenvalue weighted by atomic mass is 10.2. The van der Waals surface area contributed by atoms with Gasteiger partial charge in [0.25, 0.3) is 0 Å². The van der Waals surface area contributed by atoms with Gasteiger partial charge in [-0.25, -0.2) is 4.98 Å². The first-order valence-electron chi connectivity index (χ1n) is 5.95. The molecular weight excluding hydrogens is 276 g/mol. The third-order valence-electron chi connectivity index (χ3n) is 2.72. The normalized spacial score (nSPS) is 11.3. The summed E-state index contributed by atoms with van der Waals surface area (Å²) < 4.78 is 7.00. The monoisotopic (exact) mass is 288 g/mol. The summed E-state index contributed by atoms with van der Waals surface area (Å²) in [5, 5.41) is 9.29. The molecule has 2 aromatic rings. The van der Waals surface area contributed by atoms with Gasteiger partial charge in [0.2, 0.25) is 6.19 Å². The van der Waals surface area contributed by atoms with Crippen LogP contribution in [0.5, 0.6) is 0 Å². The fourth-order valence-corrected chi connectivity index (χ4v) is 1.98. The SMILES string of the molecule is COCc1cccn(Cc2ccc(Cl)nc2)/c1=N\C#N. The van der Waals surface area contributed by atoms with E-state index in [1.165, 1.54) is 0 Å². The Morgan fingerprint density at radius 2 is 2.30 bits per heavy atom. The average molecular weight is 289 g/mol. The highest BCUT2D eigenvalue weighted by molar-refractivity contribution is 6.29. The smallest absolute Gasteiger partial charge is 0.207 e. The Morgan fingerprint density at radius 3 is 2.95 bits per heavy atom. The third kappa shape index (κ3) is 3.44. The van der Waals surface area contributed by atoms with Crippen molar-refractivity contribution >= 4 is 11.6 Å². The van der Waals surface area contributed by atoms with Crippen LogP contribution >= 0.6 is 11.6 Å². The molecule has 0 aliphatic carbocycles. The van der Waals surface area contributed by atoms with Gasteiger partial charge in [-0.15, -0.1) is 0 Å². The van der Waals surface area contributed by atoms with Gasteiger partial charge >= 0.3 is 0 Å². The quantitative estimate of drug-likeness (QED) is 0.639. The summed E-state index contributed by atoms with van der Waals surface area (Å²) in [6.45, 7) is 0.961. The van der Waals surface area contributed by atoms with Crippen molar-refractivity contribution in [3.05, 3.63) is 58.4 Å². The average Bonchev–Trinajstić information content (AvgIpc) is 2.45. The molecule has 2 rings (SSSR count). The number of nitriles is 1. The van der Waals surface area contributed by atoms with E-state index in [2.05, 4.69) is 9.98 Å². The van der Waals surface area contributed by atoms with Crippen LogP contribution in [0.3, 0.4) is 0 Å². The van der Waals surface area contributed by atoms with Crippen molar-refractivity contribution in [2.24, 2.45) is 4.99 Å². The fourth-order valence-electron chi connectivity index (χ4n) is 1.87. The highest BCUT2D eigenvalue weighted by Gasteiger charge is 2.03. The largest absolute Gasteiger partial charge is 0.380 e. The maximum atomic E-state index is 8.84. The number of hydrogen-bond acceptors (Lipinski definition) is 4. The molecule has 0 fully saturated rings. The summed E-state index contributed by atoms with van der Waals surface area (Å²) in [5.74, 6) is 0. The van der Waals surface area contributed by atoms with Crippen LogP contribution in [-0.2, 0) is 17.9 Å². The molecule has 5 nitrogen and oxygen atoms in total. The van der Waals surface area contributed by atoms with Crippen LogP contribution in [0, 0.1) is 11.5 Å². The first-order valence-corrected chi connectivity index (χ1v) is 6.33. The second-order valence-corrected chi connectivity index (χ2v) is 4.51. The van der Waals surface area contributed by atoms with E-state index in [4.69, 9.17) is 21.6 Å². The van der Waals surface area contributed by atoms with Crippen LogP contribution in [0.2, 0.25) is 5.15 Å². The number of aromatic nitrogens is 2. The molecule has 0 atom stereocenters. The first-order chi connectivity index (χ1) is 9.74. The van der Waals surface area contributed by atoms with Crippen molar-refractivity contribution in [2.75, 3.05) is 7.11 Å². The molecule has 20 heavy (non-hydrogen) atoms. The molecule has 0 unspecified atom stereocenters. The molecule has 102 valence electrons. The summed E-state index contributed by atoms with van der Waals surface area (Å²) in [4.78, 5) is 7.92. The van der Waals surface area contributed by atoms with Crippen molar-refractivity contribution in [1.29, 1.82) is 5.26 Å². The highest BCUT2D eigenvalue weighted by Crippen LogP contribution is 2.06. The van der Waals surface area contributed by atoms with Crippen LogP contribution in [0.4, 0.5) is 0 Å². The molecule has 0 aliphatic rings. The molecule has 0 aromatic carbocycles. The molecule has 0 bridgehead atoms.